The molecule has 0 aliphatic heterocycles. The number of aryl methyl sites for hydroxylation is 1. The number of carbonyl (C=O) groups excluding carboxylic acids is 1. The van der Waals surface area contributed by atoms with E-state index in [1.807, 2.05) is 75.4 Å². The second-order valence-corrected chi connectivity index (χ2v) is 8.01. The number of hydrogen-bond donors (Lipinski definition) is 0. The van der Waals surface area contributed by atoms with Gasteiger partial charge in [-0.15, -0.1) is 5.10 Å². The van der Waals surface area contributed by atoms with Crippen LogP contribution in [0.1, 0.15) is 26.3 Å². The Hall–Kier alpha value is -3.39. The Bertz CT molecular complexity index is 995. The molecule has 8 heteroatoms. The van der Waals surface area contributed by atoms with Gasteiger partial charge in [0.1, 0.15) is 18.1 Å². The van der Waals surface area contributed by atoms with E-state index in [-0.39, 0.29) is 13.4 Å². The van der Waals surface area contributed by atoms with Gasteiger partial charge < -0.3 is 14.2 Å². The average molecular weight is 425 g/mol. The Labute approximate surface area is 182 Å². The number of anilines is 1. The molecule has 0 N–H and O–H groups in total. The van der Waals surface area contributed by atoms with Gasteiger partial charge in [-0.2, -0.15) is 0 Å². The highest BCUT2D eigenvalue weighted by molar-refractivity contribution is 5.92. The molecule has 0 unspecified atom stereocenters. The second kappa shape index (κ2) is 9.61. The van der Waals surface area contributed by atoms with E-state index in [9.17, 15) is 4.79 Å². The lowest BCUT2D eigenvalue weighted by molar-refractivity contribution is 0.0511. The lowest BCUT2D eigenvalue weighted by Gasteiger charge is -2.34. The maximum atomic E-state index is 13.2. The molecule has 0 spiro atoms. The monoisotopic (exact) mass is 424 g/mol. The molecule has 0 aliphatic rings. The first kappa shape index (κ1) is 22.3. The molecule has 1 heterocycles. The van der Waals surface area contributed by atoms with Gasteiger partial charge in [-0.1, -0.05) is 35.5 Å². The van der Waals surface area contributed by atoms with E-state index < -0.39 is 11.6 Å². The Morgan fingerprint density at radius 3 is 2.35 bits per heavy atom. The molecule has 0 bridgehead atoms. The van der Waals surface area contributed by atoms with Crippen LogP contribution in [0.15, 0.2) is 54.6 Å². The summed E-state index contributed by atoms with van der Waals surface area (Å²) in [5.74, 6) is 1.22. The molecule has 2 aromatic carbocycles. The quantitative estimate of drug-likeness (QED) is 0.523. The number of carbonyl (C=O) groups is 1. The number of methoxy groups -OCH3 is 1. The molecule has 164 valence electrons. The van der Waals surface area contributed by atoms with Crippen LogP contribution in [0.25, 0.3) is 11.3 Å². The largest absolute Gasteiger partial charge is 0.468 e. The minimum atomic E-state index is -0.570. The summed E-state index contributed by atoms with van der Waals surface area (Å²) in [6.07, 6.45) is -0.469. The first-order chi connectivity index (χ1) is 14.8. The van der Waals surface area contributed by atoms with Gasteiger partial charge in [0.25, 0.3) is 0 Å². The molecule has 1 amide bonds. The van der Waals surface area contributed by atoms with E-state index in [0.717, 1.165) is 11.1 Å². The van der Waals surface area contributed by atoms with Crippen molar-refractivity contribution in [1.29, 1.82) is 0 Å². The molecule has 3 aromatic rings. The van der Waals surface area contributed by atoms with E-state index in [0.29, 0.717) is 17.3 Å². The number of amides is 1. The summed E-state index contributed by atoms with van der Waals surface area (Å²) < 4.78 is 17.6. The van der Waals surface area contributed by atoms with Crippen molar-refractivity contribution in [3.8, 4) is 17.0 Å². The van der Waals surface area contributed by atoms with Gasteiger partial charge in [-0.3, -0.25) is 4.90 Å². The fourth-order valence-corrected chi connectivity index (χ4v) is 3.09. The molecule has 31 heavy (non-hydrogen) atoms. The molecule has 8 nitrogen and oxygen atoms in total. The van der Waals surface area contributed by atoms with Crippen molar-refractivity contribution in [2.45, 2.75) is 32.9 Å². The average Bonchev–Trinajstić information content (AvgIpc) is 3.12. The smallest absolute Gasteiger partial charge is 0.416 e. The van der Waals surface area contributed by atoms with Gasteiger partial charge in [0, 0.05) is 25.3 Å². The third-order valence-electron chi connectivity index (χ3n) is 4.54. The van der Waals surface area contributed by atoms with E-state index in [1.54, 1.807) is 23.7 Å². The van der Waals surface area contributed by atoms with Crippen LogP contribution in [-0.4, -0.2) is 40.5 Å². The van der Waals surface area contributed by atoms with Crippen LogP contribution in [0.2, 0.25) is 0 Å². The molecule has 0 saturated heterocycles. The van der Waals surface area contributed by atoms with Gasteiger partial charge >= 0.3 is 6.09 Å². The predicted molar refractivity (Wildman–Crippen MR) is 118 cm³/mol. The van der Waals surface area contributed by atoms with Crippen molar-refractivity contribution in [2.24, 2.45) is 7.05 Å². The van der Waals surface area contributed by atoms with Crippen LogP contribution in [0.4, 0.5) is 10.6 Å². The molecule has 3 rings (SSSR count). The van der Waals surface area contributed by atoms with E-state index >= 15 is 0 Å². The Morgan fingerprint density at radius 2 is 1.74 bits per heavy atom. The predicted octanol–water partition coefficient (Wildman–Crippen LogP) is 4.41. The SMILES string of the molecule is COCOc1ccc(-c2nnn(C)c2N(C(=O)OCc2ccccc2)C(C)(C)C)cc1. The Balaban J connectivity index is 1.90. The third-order valence-corrected chi connectivity index (χ3v) is 4.54. The standard InChI is InChI=1S/C23H28N4O4/c1-23(2,3)27(22(28)30-15-17-9-7-6-8-10-17)21-20(24-25-26(21)4)18-11-13-19(14-12-18)31-16-29-5/h6-14H,15-16H2,1-5H3. The molecular weight excluding hydrogens is 396 g/mol. The Kier molecular flexibility index (Phi) is 6.91. The fraction of sp³-hybridized carbons (Fsp3) is 0.348. The topological polar surface area (TPSA) is 78.7 Å². The van der Waals surface area contributed by atoms with Crippen molar-refractivity contribution >= 4 is 11.9 Å². The summed E-state index contributed by atoms with van der Waals surface area (Å²) in [5, 5.41) is 8.48. The molecule has 0 saturated carbocycles. The zero-order chi connectivity index (χ0) is 22.4. The summed E-state index contributed by atoms with van der Waals surface area (Å²) in [5.41, 5.74) is 1.73. The van der Waals surface area contributed by atoms with Crippen LogP contribution < -0.4 is 9.64 Å². The van der Waals surface area contributed by atoms with E-state index in [4.69, 9.17) is 14.2 Å². The number of ether oxygens (including phenoxy) is 3. The number of nitrogens with zero attached hydrogens (tertiary/aromatic N) is 4. The van der Waals surface area contributed by atoms with Crippen molar-refractivity contribution in [3.63, 3.8) is 0 Å². The lowest BCUT2D eigenvalue weighted by atomic mass is 10.0. The maximum absolute atomic E-state index is 13.2. The second-order valence-electron chi connectivity index (χ2n) is 8.01. The highest BCUT2D eigenvalue weighted by Gasteiger charge is 2.35. The highest BCUT2D eigenvalue weighted by atomic mass is 16.7. The van der Waals surface area contributed by atoms with Crippen molar-refractivity contribution in [2.75, 3.05) is 18.8 Å². The van der Waals surface area contributed by atoms with Crippen LogP contribution in [-0.2, 0) is 23.1 Å². The fourth-order valence-electron chi connectivity index (χ4n) is 3.09. The van der Waals surface area contributed by atoms with Crippen molar-refractivity contribution in [1.82, 2.24) is 15.0 Å². The normalized spacial score (nSPS) is 11.3. The Morgan fingerprint density at radius 1 is 1.06 bits per heavy atom. The van der Waals surface area contributed by atoms with Crippen molar-refractivity contribution < 1.29 is 19.0 Å². The van der Waals surface area contributed by atoms with E-state index in [1.165, 1.54) is 0 Å². The zero-order valence-corrected chi connectivity index (χ0v) is 18.5. The lowest BCUT2D eigenvalue weighted by Crippen LogP contribution is -2.47. The van der Waals surface area contributed by atoms with Gasteiger partial charge in [-0.25, -0.2) is 9.48 Å². The summed E-state index contributed by atoms with van der Waals surface area (Å²) >= 11 is 0. The molecule has 1 aromatic heterocycles. The van der Waals surface area contributed by atoms with Crippen molar-refractivity contribution in [3.05, 3.63) is 60.2 Å². The molecule has 0 fully saturated rings. The first-order valence-electron chi connectivity index (χ1n) is 9.94. The minimum absolute atomic E-state index is 0.167. The summed E-state index contributed by atoms with van der Waals surface area (Å²) in [6, 6.07) is 17.0. The first-order valence-corrected chi connectivity index (χ1v) is 9.94. The van der Waals surface area contributed by atoms with Gasteiger partial charge in [0.05, 0.1) is 0 Å². The van der Waals surface area contributed by atoms with Gasteiger partial charge in [0.15, 0.2) is 12.6 Å². The number of rotatable bonds is 7. The number of benzene rings is 2. The van der Waals surface area contributed by atoms with Gasteiger partial charge in [-0.05, 0) is 50.6 Å². The summed E-state index contributed by atoms with van der Waals surface area (Å²) in [6.45, 7) is 6.17. The minimum Gasteiger partial charge on any atom is -0.468 e. The third kappa shape index (κ3) is 5.40. The van der Waals surface area contributed by atoms with Crippen LogP contribution in [0.5, 0.6) is 5.75 Å². The van der Waals surface area contributed by atoms with Gasteiger partial charge in [0.2, 0.25) is 0 Å². The van der Waals surface area contributed by atoms with Crippen LogP contribution in [0.3, 0.4) is 0 Å². The maximum Gasteiger partial charge on any atom is 0.416 e. The summed E-state index contributed by atoms with van der Waals surface area (Å²) in [7, 11) is 3.32. The zero-order valence-electron chi connectivity index (χ0n) is 18.5. The number of hydrogen-bond acceptors (Lipinski definition) is 6. The molecule has 0 atom stereocenters. The van der Waals surface area contributed by atoms with E-state index in [2.05, 4.69) is 10.3 Å². The highest BCUT2D eigenvalue weighted by Crippen LogP contribution is 2.34. The molecule has 0 aliphatic carbocycles. The van der Waals surface area contributed by atoms with Crippen LogP contribution in [0, 0.1) is 0 Å². The molecule has 0 radical (unpaired) electrons. The number of aromatic nitrogens is 3. The summed E-state index contributed by atoms with van der Waals surface area (Å²) in [4.78, 5) is 14.8. The van der Waals surface area contributed by atoms with Crippen LogP contribution >= 0.6 is 0 Å². The molecular formula is C23H28N4O4.